The zero-order valence-electron chi connectivity index (χ0n) is 16.2. The Balaban J connectivity index is 1.76. The number of carbonyl (C=O) groups excluding carboxylic acids is 2. The third kappa shape index (κ3) is 5.55. The number of amides is 2. The molecule has 0 fully saturated rings. The number of nitrogens with zero attached hydrogens (tertiary/aromatic N) is 1. The lowest BCUT2D eigenvalue weighted by Gasteiger charge is -2.14. The standard InChI is InChI=1S/C19H16FN3O6S2/c1-28-13-5-3-4-6-14(13)29-15-9-11(20)7-8-12(15)22-17(24)18(25)23-19-21-10-16(30-19)31(2,26)27/h3-10H,1-2H3,(H,22,24)(H,21,23,25). The smallest absolute Gasteiger partial charge is 0.315 e. The number of aromatic nitrogens is 1. The molecule has 0 spiro atoms. The van der Waals surface area contributed by atoms with Crippen molar-refractivity contribution >= 4 is 43.8 Å². The van der Waals surface area contributed by atoms with E-state index in [4.69, 9.17) is 9.47 Å². The highest BCUT2D eigenvalue weighted by Gasteiger charge is 2.20. The molecule has 0 saturated carbocycles. The minimum atomic E-state index is -3.49. The first-order chi connectivity index (χ1) is 14.7. The largest absolute Gasteiger partial charge is 0.493 e. The van der Waals surface area contributed by atoms with Crippen molar-refractivity contribution in [3.8, 4) is 17.2 Å². The van der Waals surface area contributed by atoms with E-state index in [-0.39, 0.29) is 26.5 Å². The molecule has 2 aromatic carbocycles. The molecule has 0 bridgehead atoms. The van der Waals surface area contributed by atoms with E-state index >= 15 is 0 Å². The van der Waals surface area contributed by atoms with Gasteiger partial charge in [0.1, 0.15) is 10.0 Å². The minimum absolute atomic E-state index is 0.0309. The van der Waals surface area contributed by atoms with Gasteiger partial charge in [-0.1, -0.05) is 23.5 Å². The van der Waals surface area contributed by atoms with Gasteiger partial charge in [-0.15, -0.1) is 0 Å². The van der Waals surface area contributed by atoms with Crippen LogP contribution in [0, 0.1) is 5.82 Å². The summed E-state index contributed by atoms with van der Waals surface area (Å²) in [5.41, 5.74) is 0.0309. The van der Waals surface area contributed by atoms with Gasteiger partial charge < -0.3 is 14.8 Å². The molecule has 0 radical (unpaired) electrons. The lowest BCUT2D eigenvalue weighted by Crippen LogP contribution is -2.29. The van der Waals surface area contributed by atoms with Gasteiger partial charge in [-0.2, -0.15) is 0 Å². The third-order valence-electron chi connectivity index (χ3n) is 3.76. The zero-order valence-corrected chi connectivity index (χ0v) is 17.8. The molecule has 0 atom stereocenters. The number of para-hydroxylation sites is 2. The second-order valence-corrected chi connectivity index (χ2v) is 9.33. The van der Waals surface area contributed by atoms with Crippen LogP contribution in [0.4, 0.5) is 15.2 Å². The van der Waals surface area contributed by atoms with Crippen LogP contribution in [0.1, 0.15) is 0 Å². The van der Waals surface area contributed by atoms with Gasteiger partial charge in [0.05, 0.1) is 19.0 Å². The molecule has 0 aliphatic carbocycles. The Bertz CT molecular complexity index is 1240. The van der Waals surface area contributed by atoms with E-state index in [0.29, 0.717) is 17.1 Å². The number of thiazole rings is 1. The number of rotatable bonds is 6. The van der Waals surface area contributed by atoms with E-state index in [1.165, 1.54) is 13.2 Å². The Morgan fingerprint density at radius 3 is 2.35 bits per heavy atom. The van der Waals surface area contributed by atoms with Gasteiger partial charge in [0.2, 0.25) is 0 Å². The van der Waals surface area contributed by atoms with Crippen molar-refractivity contribution in [3.05, 3.63) is 54.5 Å². The number of methoxy groups -OCH3 is 1. The third-order valence-corrected chi connectivity index (χ3v) is 6.46. The Morgan fingerprint density at radius 2 is 1.71 bits per heavy atom. The van der Waals surface area contributed by atoms with E-state index in [0.717, 1.165) is 24.6 Å². The van der Waals surface area contributed by atoms with Gasteiger partial charge >= 0.3 is 11.8 Å². The Kier molecular flexibility index (Phi) is 6.51. The molecule has 0 aliphatic rings. The molecule has 3 aromatic rings. The van der Waals surface area contributed by atoms with Gasteiger partial charge in [-0.05, 0) is 24.3 Å². The number of sulfone groups is 1. The van der Waals surface area contributed by atoms with Crippen LogP contribution < -0.4 is 20.1 Å². The number of hydrogen-bond acceptors (Lipinski definition) is 8. The predicted molar refractivity (Wildman–Crippen MR) is 112 cm³/mol. The summed E-state index contributed by atoms with van der Waals surface area (Å²) >= 11 is 0.704. The van der Waals surface area contributed by atoms with E-state index in [9.17, 15) is 22.4 Å². The predicted octanol–water partition coefficient (Wildman–Crippen LogP) is 3.06. The Labute approximate surface area is 180 Å². The molecule has 2 amide bonds. The maximum absolute atomic E-state index is 13.8. The number of halogens is 1. The van der Waals surface area contributed by atoms with Gasteiger partial charge in [0, 0.05) is 12.3 Å². The number of benzene rings is 2. The maximum atomic E-state index is 13.8. The molecule has 0 saturated heterocycles. The number of hydrogen-bond donors (Lipinski definition) is 2. The number of anilines is 2. The first-order valence-corrected chi connectivity index (χ1v) is 11.3. The monoisotopic (exact) mass is 465 g/mol. The molecule has 2 N–H and O–H groups in total. The first kappa shape index (κ1) is 22.2. The highest BCUT2D eigenvalue weighted by atomic mass is 32.2. The number of ether oxygens (including phenoxy) is 2. The van der Waals surface area contributed by atoms with Crippen molar-refractivity contribution in [2.45, 2.75) is 4.21 Å². The minimum Gasteiger partial charge on any atom is -0.493 e. The Morgan fingerprint density at radius 1 is 1.03 bits per heavy atom. The molecule has 0 unspecified atom stereocenters. The molecule has 0 aliphatic heterocycles. The normalized spacial score (nSPS) is 10.9. The van der Waals surface area contributed by atoms with Crippen molar-refractivity contribution < 1.29 is 31.9 Å². The van der Waals surface area contributed by atoms with Gasteiger partial charge in [0.15, 0.2) is 32.2 Å². The molecule has 31 heavy (non-hydrogen) atoms. The summed E-state index contributed by atoms with van der Waals surface area (Å²) in [4.78, 5) is 28.2. The van der Waals surface area contributed by atoms with Crippen LogP contribution in [0.2, 0.25) is 0 Å². The molecule has 9 nitrogen and oxygen atoms in total. The van der Waals surface area contributed by atoms with E-state index < -0.39 is 27.5 Å². The molecule has 1 heterocycles. The summed E-state index contributed by atoms with van der Waals surface area (Å²) in [6.07, 6.45) is 2.07. The van der Waals surface area contributed by atoms with Crippen LogP contribution in [0.15, 0.2) is 52.9 Å². The Hall–Kier alpha value is -3.51. The average molecular weight is 465 g/mol. The fraction of sp³-hybridized carbons (Fsp3) is 0.105. The molecule has 12 heteroatoms. The fourth-order valence-corrected chi connectivity index (χ4v) is 3.96. The van der Waals surface area contributed by atoms with Crippen molar-refractivity contribution in [1.82, 2.24) is 4.98 Å². The van der Waals surface area contributed by atoms with E-state index in [1.54, 1.807) is 24.3 Å². The lowest BCUT2D eigenvalue weighted by molar-refractivity contribution is -0.133. The molecular weight excluding hydrogens is 449 g/mol. The van der Waals surface area contributed by atoms with Crippen molar-refractivity contribution in [1.29, 1.82) is 0 Å². The van der Waals surface area contributed by atoms with E-state index in [2.05, 4.69) is 15.6 Å². The fourth-order valence-electron chi connectivity index (χ4n) is 2.33. The highest BCUT2D eigenvalue weighted by Crippen LogP contribution is 2.35. The van der Waals surface area contributed by atoms with Crippen molar-refractivity contribution in [2.24, 2.45) is 0 Å². The van der Waals surface area contributed by atoms with Crippen LogP contribution in [-0.4, -0.2) is 38.6 Å². The molecule has 1 aromatic heterocycles. The molecule has 3 rings (SSSR count). The number of carbonyl (C=O) groups is 2. The molecule has 162 valence electrons. The average Bonchev–Trinajstić information content (AvgIpc) is 3.19. The van der Waals surface area contributed by atoms with Crippen LogP contribution in [0.3, 0.4) is 0 Å². The SMILES string of the molecule is COc1ccccc1Oc1cc(F)ccc1NC(=O)C(=O)Nc1ncc(S(C)(=O)=O)s1. The van der Waals surface area contributed by atoms with Crippen molar-refractivity contribution in [2.75, 3.05) is 24.0 Å². The summed E-state index contributed by atoms with van der Waals surface area (Å²) in [5, 5.41) is 4.47. The lowest BCUT2D eigenvalue weighted by atomic mass is 10.2. The van der Waals surface area contributed by atoms with Crippen LogP contribution >= 0.6 is 11.3 Å². The summed E-state index contributed by atoms with van der Waals surface area (Å²) in [5.74, 6) is -2.21. The summed E-state index contributed by atoms with van der Waals surface area (Å²) in [6, 6.07) is 9.99. The van der Waals surface area contributed by atoms with Crippen LogP contribution in [-0.2, 0) is 19.4 Å². The highest BCUT2D eigenvalue weighted by molar-refractivity contribution is 7.92. The van der Waals surface area contributed by atoms with Crippen LogP contribution in [0.5, 0.6) is 17.2 Å². The maximum Gasteiger partial charge on any atom is 0.315 e. The van der Waals surface area contributed by atoms with E-state index in [1.807, 2.05) is 0 Å². The van der Waals surface area contributed by atoms with Gasteiger partial charge in [-0.3, -0.25) is 14.9 Å². The van der Waals surface area contributed by atoms with Crippen LogP contribution in [0.25, 0.3) is 0 Å². The number of nitrogens with one attached hydrogen (secondary N) is 2. The topological polar surface area (TPSA) is 124 Å². The quantitative estimate of drug-likeness (QED) is 0.536. The van der Waals surface area contributed by atoms with Crippen molar-refractivity contribution in [3.63, 3.8) is 0 Å². The zero-order chi connectivity index (χ0) is 22.6. The second-order valence-electron chi connectivity index (χ2n) is 6.06. The summed E-state index contributed by atoms with van der Waals surface area (Å²) in [6.45, 7) is 0. The second kappa shape index (κ2) is 9.10. The summed E-state index contributed by atoms with van der Waals surface area (Å²) in [7, 11) is -2.05. The first-order valence-electron chi connectivity index (χ1n) is 8.56. The summed E-state index contributed by atoms with van der Waals surface area (Å²) < 4.78 is 47.5. The van der Waals surface area contributed by atoms with Gasteiger partial charge in [-0.25, -0.2) is 17.8 Å². The van der Waals surface area contributed by atoms with Gasteiger partial charge in [0.25, 0.3) is 0 Å². The molecular formula is C19H16FN3O6S2.